The first-order valence-electron chi connectivity index (χ1n) is 7.66. The van der Waals surface area contributed by atoms with Crippen LogP contribution in [0.15, 0.2) is 0 Å². The summed E-state index contributed by atoms with van der Waals surface area (Å²) in [5, 5.41) is 3.70. The van der Waals surface area contributed by atoms with Gasteiger partial charge in [0.25, 0.3) is 0 Å². The van der Waals surface area contributed by atoms with Gasteiger partial charge in [0.15, 0.2) is 0 Å². The summed E-state index contributed by atoms with van der Waals surface area (Å²) < 4.78 is 5.85. The third-order valence-corrected chi connectivity index (χ3v) is 4.44. The van der Waals surface area contributed by atoms with E-state index in [9.17, 15) is 0 Å². The van der Waals surface area contributed by atoms with Crippen LogP contribution in [0.5, 0.6) is 0 Å². The van der Waals surface area contributed by atoms with Gasteiger partial charge in [0, 0.05) is 13.2 Å². The lowest BCUT2D eigenvalue weighted by Crippen LogP contribution is -2.52. The SMILES string of the molecule is CCNC(C1CCC(C)CC1)C(OC)C(C)(C)C. The van der Waals surface area contributed by atoms with Crippen LogP contribution in [0.4, 0.5) is 0 Å². The lowest BCUT2D eigenvalue weighted by molar-refractivity contribution is -0.0321. The molecule has 0 amide bonds. The third-order valence-electron chi connectivity index (χ3n) is 4.44. The molecule has 0 spiro atoms. The molecule has 0 aromatic heterocycles. The molecule has 1 N–H and O–H groups in total. The molecule has 18 heavy (non-hydrogen) atoms. The van der Waals surface area contributed by atoms with Gasteiger partial charge in [0.2, 0.25) is 0 Å². The first-order chi connectivity index (χ1) is 8.40. The van der Waals surface area contributed by atoms with Crippen molar-refractivity contribution in [1.29, 1.82) is 0 Å². The summed E-state index contributed by atoms with van der Waals surface area (Å²) in [4.78, 5) is 0. The van der Waals surface area contributed by atoms with E-state index in [0.717, 1.165) is 18.4 Å². The zero-order valence-corrected chi connectivity index (χ0v) is 13.3. The zero-order chi connectivity index (χ0) is 13.8. The molecule has 2 heteroatoms. The highest BCUT2D eigenvalue weighted by atomic mass is 16.5. The molecule has 0 bridgehead atoms. The number of ether oxygens (including phenoxy) is 1. The highest BCUT2D eigenvalue weighted by molar-refractivity contribution is 4.92. The molecule has 1 rings (SSSR count). The number of likely N-dealkylation sites (N-methyl/N-ethyl adjacent to an activating group) is 1. The molecule has 0 aliphatic heterocycles. The van der Waals surface area contributed by atoms with Crippen molar-refractivity contribution in [3.8, 4) is 0 Å². The average molecular weight is 255 g/mol. The van der Waals surface area contributed by atoms with Gasteiger partial charge >= 0.3 is 0 Å². The maximum absolute atomic E-state index is 5.85. The Hall–Kier alpha value is -0.0800. The van der Waals surface area contributed by atoms with Crippen molar-refractivity contribution >= 4 is 0 Å². The van der Waals surface area contributed by atoms with E-state index in [1.807, 2.05) is 7.11 Å². The van der Waals surface area contributed by atoms with Gasteiger partial charge in [0.05, 0.1) is 6.10 Å². The molecule has 1 aliphatic rings. The van der Waals surface area contributed by atoms with Crippen LogP contribution in [0.1, 0.15) is 60.3 Å². The molecule has 2 unspecified atom stereocenters. The average Bonchev–Trinajstić information content (AvgIpc) is 2.28. The Morgan fingerprint density at radius 3 is 2.11 bits per heavy atom. The van der Waals surface area contributed by atoms with E-state index < -0.39 is 0 Å². The highest BCUT2D eigenvalue weighted by Gasteiger charge is 2.37. The largest absolute Gasteiger partial charge is 0.379 e. The minimum atomic E-state index is 0.199. The monoisotopic (exact) mass is 255 g/mol. The Morgan fingerprint density at radius 1 is 1.17 bits per heavy atom. The second kappa shape index (κ2) is 6.91. The van der Waals surface area contributed by atoms with Crippen molar-refractivity contribution in [3.63, 3.8) is 0 Å². The molecular formula is C16H33NO. The summed E-state index contributed by atoms with van der Waals surface area (Å²) in [5.74, 6) is 1.70. The van der Waals surface area contributed by atoms with Crippen molar-refractivity contribution in [3.05, 3.63) is 0 Å². The molecule has 0 radical (unpaired) electrons. The molecule has 2 nitrogen and oxygen atoms in total. The molecule has 108 valence electrons. The number of nitrogens with one attached hydrogen (secondary N) is 1. The predicted molar refractivity (Wildman–Crippen MR) is 78.8 cm³/mol. The van der Waals surface area contributed by atoms with Crippen molar-refractivity contribution < 1.29 is 4.74 Å². The maximum atomic E-state index is 5.85. The van der Waals surface area contributed by atoms with Gasteiger partial charge in [-0.25, -0.2) is 0 Å². The van der Waals surface area contributed by atoms with Crippen LogP contribution in [-0.4, -0.2) is 25.8 Å². The van der Waals surface area contributed by atoms with E-state index in [2.05, 4.69) is 39.9 Å². The Balaban J connectivity index is 2.74. The summed E-state index contributed by atoms with van der Waals surface area (Å²) in [5.41, 5.74) is 0.199. The summed E-state index contributed by atoms with van der Waals surface area (Å²) in [6.07, 6.45) is 5.78. The smallest absolute Gasteiger partial charge is 0.0775 e. The lowest BCUT2D eigenvalue weighted by Gasteiger charge is -2.42. The van der Waals surface area contributed by atoms with E-state index in [0.29, 0.717) is 12.1 Å². The fourth-order valence-corrected chi connectivity index (χ4v) is 3.44. The van der Waals surface area contributed by atoms with Gasteiger partial charge in [-0.15, -0.1) is 0 Å². The van der Waals surface area contributed by atoms with Gasteiger partial charge in [0.1, 0.15) is 0 Å². The second-order valence-corrected chi connectivity index (χ2v) is 7.13. The molecule has 0 heterocycles. The molecular weight excluding hydrogens is 222 g/mol. The fourth-order valence-electron chi connectivity index (χ4n) is 3.44. The molecule has 2 atom stereocenters. The Labute approximate surface area is 114 Å². The fraction of sp³-hybridized carbons (Fsp3) is 1.00. The van der Waals surface area contributed by atoms with Crippen molar-refractivity contribution in [2.24, 2.45) is 17.3 Å². The van der Waals surface area contributed by atoms with Crippen LogP contribution >= 0.6 is 0 Å². The standard InChI is InChI=1S/C16H33NO/c1-7-17-14(15(18-6)16(3,4)5)13-10-8-12(2)9-11-13/h12-15,17H,7-11H2,1-6H3. The van der Waals surface area contributed by atoms with E-state index in [1.165, 1.54) is 25.7 Å². The van der Waals surface area contributed by atoms with E-state index in [-0.39, 0.29) is 5.41 Å². The first-order valence-corrected chi connectivity index (χ1v) is 7.66. The quantitative estimate of drug-likeness (QED) is 0.805. The van der Waals surface area contributed by atoms with Crippen LogP contribution < -0.4 is 5.32 Å². The van der Waals surface area contributed by atoms with E-state index >= 15 is 0 Å². The van der Waals surface area contributed by atoms with Gasteiger partial charge in [-0.3, -0.25) is 0 Å². The molecule has 1 fully saturated rings. The minimum Gasteiger partial charge on any atom is -0.379 e. The summed E-state index contributed by atoms with van der Waals surface area (Å²) >= 11 is 0. The van der Waals surface area contributed by atoms with Crippen molar-refractivity contribution in [2.75, 3.05) is 13.7 Å². The number of rotatable bonds is 5. The Morgan fingerprint density at radius 2 is 1.72 bits per heavy atom. The van der Waals surface area contributed by atoms with Gasteiger partial charge in [-0.2, -0.15) is 0 Å². The summed E-state index contributed by atoms with van der Waals surface area (Å²) in [7, 11) is 1.87. The first kappa shape index (κ1) is 16.0. The number of hydrogen-bond donors (Lipinski definition) is 1. The molecule has 1 aliphatic carbocycles. The van der Waals surface area contributed by atoms with Crippen LogP contribution in [0.3, 0.4) is 0 Å². The lowest BCUT2D eigenvalue weighted by atomic mass is 9.73. The van der Waals surface area contributed by atoms with E-state index in [1.54, 1.807) is 0 Å². The Kier molecular flexibility index (Phi) is 6.13. The van der Waals surface area contributed by atoms with Crippen LogP contribution in [0, 0.1) is 17.3 Å². The normalized spacial score (nSPS) is 29.0. The molecule has 0 saturated heterocycles. The van der Waals surface area contributed by atoms with Gasteiger partial charge < -0.3 is 10.1 Å². The van der Waals surface area contributed by atoms with Crippen LogP contribution in [0.2, 0.25) is 0 Å². The molecule has 1 saturated carbocycles. The number of methoxy groups -OCH3 is 1. The summed E-state index contributed by atoms with van der Waals surface area (Å²) in [6, 6.07) is 0.507. The predicted octanol–water partition coefficient (Wildman–Crippen LogP) is 3.85. The topological polar surface area (TPSA) is 21.3 Å². The van der Waals surface area contributed by atoms with Gasteiger partial charge in [-0.05, 0) is 36.6 Å². The second-order valence-electron chi connectivity index (χ2n) is 7.13. The van der Waals surface area contributed by atoms with E-state index in [4.69, 9.17) is 4.74 Å². The van der Waals surface area contributed by atoms with Crippen LogP contribution in [0.25, 0.3) is 0 Å². The number of hydrogen-bond acceptors (Lipinski definition) is 2. The maximum Gasteiger partial charge on any atom is 0.0775 e. The molecule has 0 aromatic carbocycles. The zero-order valence-electron chi connectivity index (χ0n) is 13.3. The van der Waals surface area contributed by atoms with Crippen molar-refractivity contribution in [1.82, 2.24) is 5.32 Å². The van der Waals surface area contributed by atoms with Crippen LogP contribution in [-0.2, 0) is 4.74 Å². The third kappa shape index (κ3) is 4.24. The Bertz CT molecular complexity index is 226. The van der Waals surface area contributed by atoms with Gasteiger partial charge in [-0.1, -0.05) is 47.5 Å². The molecule has 0 aromatic rings. The minimum absolute atomic E-state index is 0.199. The van der Waals surface area contributed by atoms with Crippen molar-refractivity contribution in [2.45, 2.75) is 72.4 Å². The summed E-state index contributed by atoms with van der Waals surface area (Å²) in [6.45, 7) is 12.5. The highest BCUT2D eigenvalue weighted by Crippen LogP contribution is 2.36.